The van der Waals surface area contributed by atoms with Crippen LogP contribution in [0.4, 0.5) is 0 Å². The fourth-order valence-electron chi connectivity index (χ4n) is 0.924. The van der Waals surface area contributed by atoms with E-state index < -0.39 is 17.3 Å². The third-order valence-corrected chi connectivity index (χ3v) is 1.58. The highest BCUT2D eigenvalue weighted by molar-refractivity contribution is 5.66. The summed E-state index contributed by atoms with van der Waals surface area (Å²) in [6.07, 6.45) is -0.243. The molecular formula is C6H9N3O4. The maximum atomic E-state index is 11.1. The highest BCUT2D eigenvalue weighted by Crippen LogP contribution is 1.81. The first kappa shape index (κ1) is 9.30. The van der Waals surface area contributed by atoms with Crippen LogP contribution in [0, 0.1) is 0 Å². The Balaban J connectivity index is 2.95. The lowest BCUT2D eigenvalue weighted by Gasteiger charge is -1.93. The van der Waals surface area contributed by atoms with E-state index in [1.807, 2.05) is 0 Å². The van der Waals surface area contributed by atoms with E-state index in [0.717, 1.165) is 9.25 Å². The molecule has 0 amide bonds. The molecule has 72 valence electrons. The van der Waals surface area contributed by atoms with Gasteiger partial charge >= 0.3 is 17.3 Å². The lowest BCUT2D eigenvalue weighted by Crippen LogP contribution is -2.29. The smallest absolute Gasteiger partial charge is 0.346 e. The number of nitrogens with one attached hydrogen (secondary N) is 1. The van der Waals surface area contributed by atoms with Crippen molar-refractivity contribution in [1.29, 1.82) is 0 Å². The van der Waals surface area contributed by atoms with Gasteiger partial charge in [-0.05, 0) is 0 Å². The number of H-pyrrole nitrogens is 1. The number of aliphatic carboxylic acids is 1. The first-order valence-electron chi connectivity index (χ1n) is 3.60. The van der Waals surface area contributed by atoms with Crippen molar-refractivity contribution in [1.82, 2.24) is 14.3 Å². The second-order valence-electron chi connectivity index (χ2n) is 2.55. The average Bonchev–Trinajstić information content (AvgIpc) is 2.24. The van der Waals surface area contributed by atoms with E-state index >= 15 is 0 Å². The summed E-state index contributed by atoms with van der Waals surface area (Å²) < 4.78 is 1.85. The molecule has 0 aliphatic heterocycles. The number of hydrogen-bond donors (Lipinski definition) is 2. The molecule has 2 N–H and O–H groups in total. The van der Waals surface area contributed by atoms with Crippen LogP contribution in [0.25, 0.3) is 0 Å². The molecule has 0 aliphatic rings. The summed E-state index contributed by atoms with van der Waals surface area (Å²) >= 11 is 0. The highest BCUT2D eigenvalue weighted by Gasteiger charge is 2.07. The van der Waals surface area contributed by atoms with Crippen LogP contribution in [0.5, 0.6) is 0 Å². The van der Waals surface area contributed by atoms with Crippen molar-refractivity contribution in [2.45, 2.75) is 13.0 Å². The van der Waals surface area contributed by atoms with Crippen molar-refractivity contribution in [2.24, 2.45) is 7.05 Å². The molecule has 0 radical (unpaired) electrons. The van der Waals surface area contributed by atoms with Crippen molar-refractivity contribution < 1.29 is 9.90 Å². The van der Waals surface area contributed by atoms with Crippen molar-refractivity contribution in [3.8, 4) is 0 Å². The normalized spacial score (nSPS) is 10.2. The van der Waals surface area contributed by atoms with E-state index in [2.05, 4.69) is 5.10 Å². The lowest BCUT2D eigenvalue weighted by atomic mass is 10.4. The summed E-state index contributed by atoms with van der Waals surface area (Å²) in [7, 11) is 1.39. The number of hydrogen-bond acceptors (Lipinski definition) is 3. The first-order chi connectivity index (χ1) is 6.02. The number of aromatic nitrogens is 3. The van der Waals surface area contributed by atoms with E-state index in [0.29, 0.717) is 0 Å². The van der Waals surface area contributed by atoms with Crippen LogP contribution in [0.1, 0.15) is 6.42 Å². The van der Waals surface area contributed by atoms with Crippen LogP contribution in [0.3, 0.4) is 0 Å². The molecule has 7 nitrogen and oxygen atoms in total. The molecule has 7 heteroatoms. The van der Waals surface area contributed by atoms with Crippen molar-refractivity contribution in [3.63, 3.8) is 0 Å². The highest BCUT2D eigenvalue weighted by atomic mass is 16.4. The summed E-state index contributed by atoms with van der Waals surface area (Å²) in [6.45, 7) is -0.107. The van der Waals surface area contributed by atoms with Crippen molar-refractivity contribution >= 4 is 5.97 Å². The van der Waals surface area contributed by atoms with Crippen LogP contribution in [-0.2, 0) is 18.4 Å². The molecule has 0 atom stereocenters. The summed E-state index contributed by atoms with van der Waals surface area (Å²) in [4.78, 5) is 32.2. The minimum atomic E-state index is -1.05. The van der Waals surface area contributed by atoms with Gasteiger partial charge in [-0.3, -0.25) is 4.79 Å². The van der Waals surface area contributed by atoms with Crippen LogP contribution in [-0.4, -0.2) is 25.4 Å². The van der Waals surface area contributed by atoms with Gasteiger partial charge in [-0.1, -0.05) is 0 Å². The molecule has 0 bridgehead atoms. The molecule has 0 fully saturated rings. The molecule has 0 aromatic carbocycles. The van der Waals surface area contributed by atoms with Gasteiger partial charge in [-0.2, -0.15) is 0 Å². The molecule has 1 heterocycles. The maximum Gasteiger partial charge on any atom is 0.346 e. The Morgan fingerprint density at radius 1 is 1.54 bits per heavy atom. The standard InChI is InChI=1S/C6H9N3O4/c1-8-6(13)9(5(12)7-8)3-2-4(10)11/h2-3H2,1H3,(H,7,12)(H,10,11). The molecule has 0 saturated carbocycles. The van der Waals surface area contributed by atoms with Crippen LogP contribution >= 0.6 is 0 Å². The summed E-state index contributed by atoms with van der Waals surface area (Å²) in [5.41, 5.74) is -1.12. The Bertz CT molecular complexity index is 424. The van der Waals surface area contributed by atoms with Gasteiger partial charge in [-0.15, -0.1) is 0 Å². The molecular weight excluding hydrogens is 178 g/mol. The molecule has 1 rings (SSSR count). The largest absolute Gasteiger partial charge is 0.481 e. The van der Waals surface area contributed by atoms with E-state index in [9.17, 15) is 14.4 Å². The first-order valence-corrected chi connectivity index (χ1v) is 3.60. The second-order valence-corrected chi connectivity index (χ2v) is 2.55. The Morgan fingerprint density at radius 3 is 2.54 bits per heavy atom. The number of carboxylic acids is 1. The van der Waals surface area contributed by atoms with Gasteiger partial charge in [0.25, 0.3) is 0 Å². The summed E-state index contributed by atoms with van der Waals surface area (Å²) in [6, 6.07) is 0. The number of aromatic amines is 1. The second kappa shape index (κ2) is 3.30. The molecule has 0 unspecified atom stereocenters. The Kier molecular flexibility index (Phi) is 2.36. The molecule has 0 saturated heterocycles. The lowest BCUT2D eigenvalue weighted by molar-refractivity contribution is -0.137. The van der Waals surface area contributed by atoms with E-state index in [1.54, 1.807) is 0 Å². The Hall–Kier alpha value is -1.79. The van der Waals surface area contributed by atoms with E-state index in [4.69, 9.17) is 5.11 Å². The Labute approximate surface area is 72.2 Å². The van der Waals surface area contributed by atoms with Gasteiger partial charge in [0.15, 0.2) is 0 Å². The summed E-state index contributed by atoms with van der Waals surface area (Å²) in [5, 5.41) is 10.5. The molecule has 1 aromatic rings. The third kappa shape index (κ3) is 1.86. The molecule has 0 aliphatic carbocycles. The third-order valence-electron chi connectivity index (χ3n) is 1.58. The number of nitrogens with zero attached hydrogens (tertiary/aromatic N) is 2. The van der Waals surface area contributed by atoms with Gasteiger partial charge in [0.1, 0.15) is 0 Å². The topological polar surface area (TPSA) is 97.1 Å². The number of carbonyl (C=O) groups is 1. The van der Waals surface area contributed by atoms with E-state index in [1.165, 1.54) is 7.05 Å². The number of carboxylic acid groups (broad SMARTS) is 1. The molecule has 0 spiro atoms. The van der Waals surface area contributed by atoms with Gasteiger partial charge in [0.05, 0.1) is 6.42 Å². The van der Waals surface area contributed by atoms with Gasteiger partial charge in [0.2, 0.25) is 0 Å². The van der Waals surface area contributed by atoms with Gasteiger partial charge < -0.3 is 5.11 Å². The van der Waals surface area contributed by atoms with Crippen LogP contribution in [0.2, 0.25) is 0 Å². The van der Waals surface area contributed by atoms with Gasteiger partial charge in [-0.25, -0.2) is 23.9 Å². The molecule has 1 aromatic heterocycles. The fraction of sp³-hybridized carbons (Fsp3) is 0.500. The minimum Gasteiger partial charge on any atom is -0.481 e. The number of rotatable bonds is 3. The average molecular weight is 187 g/mol. The van der Waals surface area contributed by atoms with E-state index in [-0.39, 0.29) is 13.0 Å². The monoisotopic (exact) mass is 187 g/mol. The Morgan fingerprint density at radius 2 is 2.15 bits per heavy atom. The zero-order valence-corrected chi connectivity index (χ0v) is 6.98. The van der Waals surface area contributed by atoms with Crippen molar-refractivity contribution in [3.05, 3.63) is 21.0 Å². The quantitative estimate of drug-likeness (QED) is 0.592. The predicted octanol–water partition coefficient (Wildman–Crippen LogP) is -1.65. The zero-order valence-electron chi connectivity index (χ0n) is 6.98. The van der Waals surface area contributed by atoms with Crippen LogP contribution in [0.15, 0.2) is 9.59 Å². The predicted molar refractivity (Wildman–Crippen MR) is 42.5 cm³/mol. The fourth-order valence-corrected chi connectivity index (χ4v) is 0.924. The summed E-state index contributed by atoms with van der Waals surface area (Å²) in [5.74, 6) is -1.05. The SMILES string of the molecule is Cn1[nH]c(=O)n(CCC(=O)O)c1=O. The molecule has 13 heavy (non-hydrogen) atoms. The number of aryl methyl sites for hydroxylation is 1. The van der Waals surface area contributed by atoms with Crippen LogP contribution < -0.4 is 11.4 Å². The minimum absolute atomic E-state index is 0.107. The van der Waals surface area contributed by atoms with Gasteiger partial charge in [0, 0.05) is 13.6 Å². The zero-order chi connectivity index (χ0) is 10.0. The maximum absolute atomic E-state index is 11.1. The van der Waals surface area contributed by atoms with Crippen molar-refractivity contribution in [2.75, 3.05) is 0 Å².